The second-order valence-corrected chi connectivity index (χ2v) is 6.68. The number of rotatable bonds is 2. The number of nitrogens with one attached hydrogen (secondary N) is 2. The fraction of sp³-hybridized carbons (Fsp3) is 0. The van der Waals surface area contributed by atoms with Gasteiger partial charge in [0.25, 0.3) is 5.56 Å². The summed E-state index contributed by atoms with van der Waals surface area (Å²) in [5.74, 6) is -0.507. The molecule has 5 aromatic rings. The van der Waals surface area contributed by atoms with Crippen molar-refractivity contribution in [3.8, 4) is 22.5 Å². The number of fused-ring (bicyclic) bond motifs is 2. The molecule has 0 atom stereocenters. The van der Waals surface area contributed by atoms with Gasteiger partial charge in [-0.25, -0.2) is 9.97 Å². The molecular weight excluding hydrogens is 351 g/mol. The highest BCUT2D eigenvalue weighted by Crippen LogP contribution is 2.27. The summed E-state index contributed by atoms with van der Waals surface area (Å²) in [5.41, 5.74) is 4.93. The van der Waals surface area contributed by atoms with Gasteiger partial charge >= 0.3 is 0 Å². The Hall–Kier alpha value is -3.32. The van der Waals surface area contributed by atoms with Crippen LogP contribution >= 0.6 is 11.3 Å². The second-order valence-electron chi connectivity index (χ2n) is 5.94. The van der Waals surface area contributed by atoms with Gasteiger partial charge in [0, 0.05) is 33.4 Å². The molecule has 0 aliphatic carbocycles. The lowest BCUT2D eigenvalue weighted by Gasteiger charge is -2.01. The molecule has 4 aromatic heterocycles. The molecule has 0 saturated carbocycles. The third-order valence-electron chi connectivity index (χ3n) is 4.27. The topological polar surface area (TPSA) is 74.4 Å². The monoisotopic (exact) mass is 362 g/mol. The Kier molecular flexibility index (Phi) is 3.23. The summed E-state index contributed by atoms with van der Waals surface area (Å²) in [5, 5.41) is 4.70. The van der Waals surface area contributed by atoms with Gasteiger partial charge in [-0.2, -0.15) is 4.39 Å². The zero-order chi connectivity index (χ0) is 17.7. The Morgan fingerprint density at radius 3 is 2.69 bits per heavy atom. The smallest absolute Gasteiger partial charge is 0.276 e. The average Bonchev–Trinajstić information content (AvgIpc) is 3.26. The summed E-state index contributed by atoms with van der Waals surface area (Å²) in [7, 11) is 0. The quantitative estimate of drug-likeness (QED) is 0.459. The highest BCUT2D eigenvalue weighted by atomic mass is 32.1. The lowest BCUT2D eigenvalue weighted by atomic mass is 10.1. The van der Waals surface area contributed by atoms with Gasteiger partial charge in [0.2, 0.25) is 5.95 Å². The van der Waals surface area contributed by atoms with Crippen molar-refractivity contribution in [2.75, 3.05) is 0 Å². The molecule has 0 spiro atoms. The van der Waals surface area contributed by atoms with Crippen LogP contribution in [0.15, 0.2) is 58.1 Å². The van der Waals surface area contributed by atoms with Crippen LogP contribution in [0.4, 0.5) is 4.39 Å². The third kappa shape index (κ3) is 2.41. The first kappa shape index (κ1) is 15.0. The van der Waals surface area contributed by atoms with E-state index in [4.69, 9.17) is 0 Å². The van der Waals surface area contributed by atoms with E-state index in [0.29, 0.717) is 11.4 Å². The molecule has 2 N–H and O–H groups in total. The number of nitrogens with zero attached hydrogens (tertiary/aromatic N) is 2. The van der Waals surface area contributed by atoms with Gasteiger partial charge in [0.1, 0.15) is 0 Å². The van der Waals surface area contributed by atoms with Crippen LogP contribution in [0, 0.1) is 5.95 Å². The van der Waals surface area contributed by atoms with Crippen molar-refractivity contribution in [3.63, 3.8) is 0 Å². The van der Waals surface area contributed by atoms with Crippen molar-refractivity contribution in [2.45, 2.75) is 0 Å². The van der Waals surface area contributed by atoms with Gasteiger partial charge in [-0.15, -0.1) is 11.3 Å². The Balaban J connectivity index is 1.64. The zero-order valence-electron chi connectivity index (χ0n) is 13.3. The zero-order valence-corrected chi connectivity index (χ0v) is 14.1. The average molecular weight is 362 g/mol. The fourth-order valence-electron chi connectivity index (χ4n) is 2.99. The van der Waals surface area contributed by atoms with E-state index in [0.717, 1.165) is 33.1 Å². The molecule has 0 amide bonds. The standard InChI is InChI=1S/C19H11FN4OS/c20-17-4-2-11(7-21-17)10-1-3-13-12(5-10)6-14(22-13)18-19(25)24-16-9-26-8-15(16)23-18/h1-9,22H,(H,24,25). The fourth-order valence-corrected chi connectivity index (χ4v) is 3.68. The van der Waals surface area contributed by atoms with Gasteiger partial charge in [-0.05, 0) is 35.9 Å². The maximum Gasteiger partial charge on any atom is 0.276 e. The highest BCUT2D eigenvalue weighted by Gasteiger charge is 2.12. The molecule has 0 bridgehead atoms. The Labute approximate surface area is 150 Å². The molecule has 0 aliphatic rings. The molecule has 5 rings (SSSR count). The number of H-pyrrole nitrogens is 2. The van der Waals surface area contributed by atoms with Crippen LogP contribution in [0.2, 0.25) is 0 Å². The predicted molar refractivity (Wildman–Crippen MR) is 101 cm³/mol. The van der Waals surface area contributed by atoms with Crippen molar-refractivity contribution >= 4 is 33.3 Å². The summed E-state index contributed by atoms with van der Waals surface area (Å²) in [6.07, 6.45) is 1.50. The van der Waals surface area contributed by atoms with E-state index in [1.165, 1.54) is 23.6 Å². The predicted octanol–water partition coefficient (Wildman–Crippen LogP) is 4.33. The summed E-state index contributed by atoms with van der Waals surface area (Å²) < 4.78 is 13.0. The number of pyridine rings is 1. The van der Waals surface area contributed by atoms with Crippen LogP contribution in [0.3, 0.4) is 0 Å². The maximum absolute atomic E-state index is 13.0. The first-order valence-corrected chi connectivity index (χ1v) is 8.83. The molecule has 0 fully saturated rings. The number of hydrogen-bond donors (Lipinski definition) is 2. The molecule has 4 heterocycles. The SMILES string of the molecule is O=c1[nH]c2cscc2nc1-c1cc2cc(-c3ccc(F)nc3)ccc2[nH]1. The van der Waals surface area contributed by atoms with E-state index in [1.54, 1.807) is 6.07 Å². The van der Waals surface area contributed by atoms with Crippen LogP contribution in [0.5, 0.6) is 0 Å². The number of halogens is 1. The molecule has 5 nitrogen and oxygen atoms in total. The summed E-state index contributed by atoms with van der Waals surface area (Å²) in [6, 6.07) is 10.7. The van der Waals surface area contributed by atoms with Crippen LogP contribution < -0.4 is 5.56 Å². The normalized spacial score (nSPS) is 11.4. The van der Waals surface area contributed by atoms with Crippen LogP contribution in [0.1, 0.15) is 0 Å². The molecule has 1 aromatic carbocycles. The van der Waals surface area contributed by atoms with Gasteiger partial charge in [-0.1, -0.05) is 6.07 Å². The van der Waals surface area contributed by atoms with Crippen molar-refractivity contribution in [1.29, 1.82) is 0 Å². The molecule has 0 unspecified atom stereocenters. The summed E-state index contributed by atoms with van der Waals surface area (Å²) in [6.45, 7) is 0. The molecule has 0 aliphatic heterocycles. The van der Waals surface area contributed by atoms with Gasteiger partial charge in [0.05, 0.1) is 16.7 Å². The maximum atomic E-state index is 13.0. The minimum atomic E-state index is -0.507. The first-order chi connectivity index (χ1) is 12.7. The molecule has 126 valence electrons. The first-order valence-electron chi connectivity index (χ1n) is 7.89. The second kappa shape index (κ2) is 5.60. The molecule has 26 heavy (non-hydrogen) atoms. The largest absolute Gasteiger partial charge is 0.353 e. The van der Waals surface area contributed by atoms with Gasteiger partial charge < -0.3 is 9.97 Å². The van der Waals surface area contributed by atoms with Crippen LogP contribution in [-0.4, -0.2) is 19.9 Å². The lowest BCUT2D eigenvalue weighted by molar-refractivity contribution is 0.584. The molecule has 7 heteroatoms. The van der Waals surface area contributed by atoms with E-state index in [9.17, 15) is 9.18 Å². The number of hydrogen-bond acceptors (Lipinski definition) is 4. The minimum Gasteiger partial charge on any atom is -0.353 e. The number of aromatic amines is 2. The van der Waals surface area contributed by atoms with Crippen molar-refractivity contribution in [1.82, 2.24) is 19.9 Å². The highest BCUT2D eigenvalue weighted by molar-refractivity contribution is 7.09. The van der Waals surface area contributed by atoms with Crippen LogP contribution in [-0.2, 0) is 0 Å². The van der Waals surface area contributed by atoms with Crippen molar-refractivity contribution in [3.05, 3.63) is 69.7 Å². The number of aromatic nitrogens is 4. The molecular formula is C19H11FN4OS. The van der Waals surface area contributed by atoms with Crippen molar-refractivity contribution in [2.24, 2.45) is 0 Å². The van der Waals surface area contributed by atoms with E-state index >= 15 is 0 Å². The van der Waals surface area contributed by atoms with E-state index in [1.807, 2.05) is 35.0 Å². The van der Waals surface area contributed by atoms with Crippen LogP contribution in [0.25, 0.3) is 44.5 Å². The van der Waals surface area contributed by atoms with E-state index in [2.05, 4.69) is 19.9 Å². The van der Waals surface area contributed by atoms with Crippen molar-refractivity contribution < 1.29 is 4.39 Å². The minimum absolute atomic E-state index is 0.231. The Bertz CT molecular complexity index is 1320. The Morgan fingerprint density at radius 1 is 0.962 bits per heavy atom. The summed E-state index contributed by atoms with van der Waals surface area (Å²) >= 11 is 1.50. The van der Waals surface area contributed by atoms with Gasteiger partial charge in [-0.3, -0.25) is 4.79 Å². The third-order valence-corrected chi connectivity index (χ3v) is 5.00. The molecule has 0 saturated heterocycles. The number of thiophene rings is 1. The lowest BCUT2D eigenvalue weighted by Crippen LogP contribution is -2.10. The van der Waals surface area contributed by atoms with E-state index in [-0.39, 0.29) is 5.56 Å². The molecule has 0 radical (unpaired) electrons. The Morgan fingerprint density at radius 2 is 1.85 bits per heavy atom. The van der Waals surface area contributed by atoms with E-state index < -0.39 is 5.95 Å². The summed E-state index contributed by atoms with van der Waals surface area (Å²) in [4.78, 5) is 26.6. The van der Waals surface area contributed by atoms with Gasteiger partial charge in [0.15, 0.2) is 5.69 Å². The number of benzene rings is 1.